The number of thiophene rings is 1. The Kier molecular flexibility index (Phi) is 6.66. The Morgan fingerprint density at radius 2 is 2.03 bits per heavy atom. The van der Waals surface area contributed by atoms with Gasteiger partial charge in [-0.1, -0.05) is 36.9 Å². The summed E-state index contributed by atoms with van der Waals surface area (Å²) >= 11 is 2.74. The highest BCUT2D eigenvalue weighted by atomic mass is 32.2. The third-order valence-corrected chi connectivity index (χ3v) is 7.40. The lowest BCUT2D eigenvalue weighted by Gasteiger charge is -2.17. The molecule has 9 heteroatoms. The number of urea groups is 1. The minimum atomic E-state index is -0.533. The molecule has 1 unspecified atom stereocenters. The fourth-order valence-corrected chi connectivity index (χ4v) is 6.10. The molecule has 1 aromatic carbocycles. The second-order valence-electron chi connectivity index (χ2n) is 8.37. The molecule has 4 rings (SSSR count). The summed E-state index contributed by atoms with van der Waals surface area (Å²) in [5.41, 5.74) is 1.73. The van der Waals surface area contributed by atoms with Gasteiger partial charge in [0.1, 0.15) is 4.83 Å². The smallest absolute Gasteiger partial charge is 0.321 e. The molecule has 0 spiro atoms. The summed E-state index contributed by atoms with van der Waals surface area (Å²) in [4.78, 5) is 44.5. The van der Waals surface area contributed by atoms with Crippen molar-refractivity contribution in [2.45, 2.75) is 51.2 Å². The largest absolute Gasteiger partial charge is 0.336 e. The third-order valence-electron chi connectivity index (χ3n) is 5.32. The highest BCUT2D eigenvalue weighted by molar-refractivity contribution is 7.99. The molecule has 0 aliphatic heterocycles. The van der Waals surface area contributed by atoms with E-state index in [9.17, 15) is 14.4 Å². The fraction of sp³-hybridized carbons (Fsp3) is 0.391. The summed E-state index contributed by atoms with van der Waals surface area (Å²) in [6.07, 6.45) is 2.93. The van der Waals surface area contributed by atoms with Gasteiger partial charge in [0.25, 0.3) is 5.56 Å². The second kappa shape index (κ2) is 9.46. The molecule has 1 aliphatic carbocycles. The number of nitrogens with one attached hydrogen (secondary N) is 2. The minimum Gasteiger partial charge on any atom is -0.336 e. The van der Waals surface area contributed by atoms with Gasteiger partial charge in [-0.15, -0.1) is 11.3 Å². The van der Waals surface area contributed by atoms with Crippen LogP contribution in [0.1, 0.15) is 37.6 Å². The predicted molar refractivity (Wildman–Crippen MR) is 129 cm³/mol. The maximum atomic E-state index is 13.7. The number of aromatic nitrogens is 2. The van der Waals surface area contributed by atoms with Gasteiger partial charge in [-0.25, -0.2) is 9.78 Å². The molecule has 3 aromatic rings. The molecule has 2 heterocycles. The Morgan fingerprint density at radius 3 is 2.75 bits per heavy atom. The van der Waals surface area contributed by atoms with Crippen molar-refractivity contribution in [2.24, 2.45) is 5.92 Å². The summed E-state index contributed by atoms with van der Waals surface area (Å²) in [6, 6.07) is 8.74. The molecule has 0 saturated carbocycles. The van der Waals surface area contributed by atoms with Crippen LogP contribution >= 0.6 is 23.1 Å². The molecule has 0 bridgehead atoms. The third kappa shape index (κ3) is 4.73. The van der Waals surface area contributed by atoms with E-state index in [0.717, 1.165) is 41.4 Å². The van der Waals surface area contributed by atoms with Crippen LogP contribution in [0.25, 0.3) is 15.9 Å². The summed E-state index contributed by atoms with van der Waals surface area (Å²) in [7, 11) is 0. The number of carbonyl (C=O) groups is 2. The molecule has 168 valence electrons. The van der Waals surface area contributed by atoms with Gasteiger partial charge in [0.2, 0.25) is 5.91 Å². The predicted octanol–water partition coefficient (Wildman–Crippen LogP) is 3.90. The van der Waals surface area contributed by atoms with Crippen LogP contribution in [0.2, 0.25) is 0 Å². The monoisotopic (exact) mass is 470 g/mol. The van der Waals surface area contributed by atoms with E-state index in [-0.39, 0.29) is 17.4 Å². The number of para-hydroxylation sites is 1. The van der Waals surface area contributed by atoms with Crippen molar-refractivity contribution in [3.63, 3.8) is 0 Å². The summed E-state index contributed by atoms with van der Waals surface area (Å²) in [6.45, 7) is 5.87. The quantitative estimate of drug-likeness (QED) is 0.436. The second-order valence-corrected chi connectivity index (χ2v) is 10.4. The first-order chi connectivity index (χ1) is 15.3. The first kappa shape index (κ1) is 22.5. The Bertz CT molecular complexity index is 1220. The van der Waals surface area contributed by atoms with E-state index in [1.807, 2.05) is 44.2 Å². The van der Waals surface area contributed by atoms with Gasteiger partial charge in [0.15, 0.2) is 5.16 Å². The first-order valence-electron chi connectivity index (χ1n) is 10.7. The molecule has 3 amide bonds. The molecular weight excluding hydrogens is 444 g/mol. The van der Waals surface area contributed by atoms with Gasteiger partial charge in [0.05, 0.1) is 16.8 Å². The maximum Gasteiger partial charge on any atom is 0.321 e. The van der Waals surface area contributed by atoms with Crippen LogP contribution < -0.4 is 16.2 Å². The zero-order valence-corrected chi connectivity index (χ0v) is 19.9. The van der Waals surface area contributed by atoms with Crippen LogP contribution in [0.15, 0.2) is 40.3 Å². The van der Waals surface area contributed by atoms with Crippen molar-refractivity contribution in [3.05, 3.63) is 51.1 Å². The number of amides is 3. The van der Waals surface area contributed by atoms with Crippen molar-refractivity contribution in [2.75, 3.05) is 5.75 Å². The van der Waals surface area contributed by atoms with Gasteiger partial charge in [-0.05, 0) is 56.7 Å². The summed E-state index contributed by atoms with van der Waals surface area (Å²) in [5, 5.41) is 6.08. The molecule has 32 heavy (non-hydrogen) atoms. The molecular formula is C23H26N4O3S2. The van der Waals surface area contributed by atoms with Gasteiger partial charge < -0.3 is 5.32 Å². The lowest BCUT2D eigenvalue weighted by atomic mass is 9.89. The van der Waals surface area contributed by atoms with Crippen LogP contribution in [-0.2, 0) is 17.6 Å². The van der Waals surface area contributed by atoms with E-state index in [0.29, 0.717) is 22.1 Å². The zero-order valence-electron chi connectivity index (χ0n) is 18.3. The molecule has 2 aromatic heterocycles. The number of benzene rings is 1. The van der Waals surface area contributed by atoms with Crippen LogP contribution in [0.3, 0.4) is 0 Å². The van der Waals surface area contributed by atoms with E-state index in [2.05, 4.69) is 17.6 Å². The van der Waals surface area contributed by atoms with E-state index < -0.39 is 11.9 Å². The molecule has 1 aliphatic rings. The maximum absolute atomic E-state index is 13.7. The minimum absolute atomic E-state index is 0.0293. The highest BCUT2D eigenvalue weighted by Crippen LogP contribution is 2.36. The molecule has 2 N–H and O–H groups in total. The van der Waals surface area contributed by atoms with Crippen molar-refractivity contribution >= 4 is 45.3 Å². The number of hydrogen-bond donors (Lipinski definition) is 2. The van der Waals surface area contributed by atoms with Crippen molar-refractivity contribution < 1.29 is 9.59 Å². The van der Waals surface area contributed by atoms with Crippen molar-refractivity contribution in [3.8, 4) is 5.69 Å². The number of carbonyl (C=O) groups excluding carboxylic acids is 2. The van der Waals surface area contributed by atoms with Gasteiger partial charge in [-0.2, -0.15) is 0 Å². The Balaban J connectivity index is 1.70. The Hall–Kier alpha value is -2.65. The number of nitrogens with zero attached hydrogens (tertiary/aromatic N) is 2. The van der Waals surface area contributed by atoms with Gasteiger partial charge in [-0.3, -0.25) is 19.5 Å². The number of aryl methyl sites for hydroxylation is 1. The fourth-order valence-electron chi connectivity index (χ4n) is 3.86. The highest BCUT2D eigenvalue weighted by Gasteiger charge is 2.25. The molecule has 0 fully saturated rings. The Morgan fingerprint density at radius 1 is 1.28 bits per heavy atom. The normalized spacial score (nSPS) is 15.6. The average molecular weight is 471 g/mol. The molecule has 0 saturated heterocycles. The zero-order chi connectivity index (χ0) is 22.8. The van der Waals surface area contributed by atoms with E-state index in [4.69, 9.17) is 4.98 Å². The number of rotatable bonds is 5. The van der Waals surface area contributed by atoms with Crippen molar-refractivity contribution in [1.29, 1.82) is 0 Å². The van der Waals surface area contributed by atoms with Gasteiger partial charge >= 0.3 is 6.03 Å². The van der Waals surface area contributed by atoms with Gasteiger partial charge in [0, 0.05) is 10.9 Å². The molecule has 1 atom stereocenters. The van der Waals surface area contributed by atoms with Crippen molar-refractivity contribution in [1.82, 2.24) is 20.2 Å². The summed E-state index contributed by atoms with van der Waals surface area (Å²) in [5.74, 6) is 0.126. The van der Waals surface area contributed by atoms with E-state index >= 15 is 0 Å². The lowest BCUT2D eigenvalue weighted by Crippen LogP contribution is -2.43. The SMILES string of the molecule is CC1CCc2c(sc3nc(SCC(=O)NC(=O)NC(C)C)n(-c4ccccc4)c(=O)c23)C1. The summed E-state index contributed by atoms with van der Waals surface area (Å²) < 4.78 is 1.58. The van der Waals surface area contributed by atoms with E-state index in [1.54, 1.807) is 15.9 Å². The topological polar surface area (TPSA) is 93.1 Å². The number of hydrogen-bond acceptors (Lipinski definition) is 6. The van der Waals surface area contributed by atoms with Crippen LogP contribution in [0, 0.1) is 5.92 Å². The standard InChI is InChI=1S/C23H26N4O3S2/c1-13(2)24-22(30)25-18(28)12-31-23-26-20-19(16-10-9-14(3)11-17(16)32-20)21(29)27(23)15-7-5-4-6-8-15/h4-8,13-14H,9-12H2,1-3H3,(H2,24,25,28,30). The Labute approximate surface area is 194 Å². The number of fused-ring (bicyclic) bond motifs is 3. The van der Waals surface area contributed by atoms with E-state index in [1.165, 1.54) is 4.88 Å². The molecule has 7 nitrogen and oxygen atoms in total. The van der Waals surface area contributed by atoms with Crippen LogP contribution in [0.4, 0.5) is 4.79 Å². The number of thioether (sulfide) groups is 1. The van der Waals surface area contributed by atoms with Crippen LogP contribution in [-0.4, -0.2) is 33.3 Å². The van der Waals surface area contributed by atoms with Crippen LogP contribution in [0.5, 0.6) is 0 Å². The molecule has 0 radical (unpaired) electrons. The average Bonchev–Trinajstić information content (AvgIpc) is 3.09. The first-order valence-corrected chi connectivity index (χ1v) is 12.5. The number of imide groups is 1. The lowest BCUT2D eigenvalue weighted by molar-refractivity contribution is -0.117.